The largest absolute Gasteiger partial charge is 0.456 e. The molecular weight excluding hydrogens is 310 g/mol. The molecule has 0 unspecified atom stereocenters. The van der Waals surface area contributed by atoms with Gasteiger partial charge >= 0.3 is 5.97 Å². The van der Waals surface area contributed by atoms with E-state index in [0.717, 1.165) is 0 Å². The van der Waals surface area contributed by atoms with E-state index in [1.807, 2.05) is 0 Å². The molecule has 0 amide bonds. The van der Waals surface area contributed by atoms with Crippen molar-refractivity contribution in [3.8, 4) is 0 Å². The lowest BCUT2D eigenvalue weighted by molar-refractivity contribution is 0.00647. The normalized spacial score (nSPS) is 11.4. The zero-order valence-corrected chi connectivity index (χ0v) is 12.2. The van der Waals surface area contributed by atoms with E-state index in [1.165, 1.54) is 12.1 Å². The summed E-state index contributed by atoms with van der Waals surface area (Å²) >= 11 is 9.10. The van der Waals surface area contributed by atoms with Gasteiger partial charge in [0, 0.05) is 10.4 Å². The lowest BCUT2D eigenvalue weighted by Gasteiger charge is -2.19. The smallest absolute Gasteiger partial charge is 0.341 e. The highest BCUT2D eigenvalue weighted by atomic mass is 79.9. The van der Waals surface area contributed by atoms with Crippen LogP contribution in [0.15, 0.2) is 12.1 Å². The van der Waals surface area contributed by atoms with Crippen LogP contribution in [0, 0.1) is 5.82 Å². The Morgan fingerprint density at radius 1 is 1.47 bits per heavy atom. The summed E-state index contributed by atoms with van der Waals surface area (Å²) in [5.41, 5.74) is -0.213. The Kier molecular flexibility index (Phi) is 4.55. The maximum Gasteiger partial charge on any atom is 0.341 e. The van der Waals surface area contributed by atoms with Crippen molar-refractivity contribution in [2.24, 2.45) is 0 Å². The molecule has 0 saturated heterocycles. The van der Waals surface area contributed by atoms with Crippen LogP contribution >= 0.6 is 27.5 Å². The lowest BCUT2D eigenvalue weighted by atomic mass is 10.1. The number of carbonyl (C=O) groups excluding carboxylic acids is 1. The molecule has 17 heavy (non-hydrogen) atoms. The van der Waals surface area contributed by atoms with Gasteiger partial charge in [0.1, 0.15) is 11.4 Å². The van der Waals surface area contributed by atoms with E-state index < -0.39 is 17.4 Å². The van der Waals surface area contributed by atoms with Gasteiger partial charge < -0.3 is 4.74 Å². The molecule has 5 heteroatoms. The third kappa shape index (κ3) is 3.96. The lowest BCUT2D eigenvalue weighted by Crippen LogP contribution is -2.24. The highest BCUT2D eigenvalue weighted by Gasteiger charge is 2.21. The van der Waals surface area contributed by atoms with Crippen LogP contribution in [-0.4, -0.2) is 11.6 Å². The molecule has 1 rings (SSSR count). The highest BCUT2D eigenvalue weighted by molar-refractivity contribution is 9.08. The second-order valence-electron chi connectivity index (χ2n) is 4.56. The van der Waals surface area contributed by atoms with Crippen molar-refractivity contribution in [2.45, 2.75) is 31.7 Å². The summed E-state index contributed by atoms with van der Waals surface area (Å²) in [6.45, 7) is 5.16. The summed E-state index contributed by atoms with van der Waals surface area (Å²) in [6, 6.07) is 2.53. The Hall–Kier alpha value is -0.610. The van der Waals surface area contributed by atoms with Gasteiger partial charge in [0.25, 0.3) is 0 Å². The van der Waals surface area contributed by atoms with Gasteiger partial charge in [-0.3, -0.25) is 0 Å². The molecule has 0 N–H and O–H groups in total. The molecule has 0 aromatic heterocycles. The number of esters is 1. The third-order valence-corrected chi connectivity index (χ3v) is 2.85. The number of hydrogen-bond donors (Lipinski definition) is 0. The summed E-state index contributed by atoms with van der Waals surface area (Å²) in [4.78, 5) is 11.7. The molecule has 0 spiro atoms. The van der Waals surface area contributed by atoms with Gasteiger partial charge in [0.2, 0.25) is 0 Å². The molecule has 2 nitrogen and oxygen atoms in total. The first-order chi connectivity index (χ1) is 7.74. The molecule has 1 aromatic carbocycles. The van der Waals surface area contributed by atoms with Crippen molar-refractivity contribution in [2.75, 3.05) is 0 Å². The molecule has 94 valence electrons. The average Bonchev–Trinajstić information content (AvgIpc) is 2.18. The molecule has 0 heterocycles. The number of benzene rings is 1. The van der Waals surface area contributed by atoms with Gasteiger partial charge in [-0.2, -0.15) is 0 Å². The molecule has 0 saturated carbocycles. The third-order valence-electron chi connectivity index (χ3n) is 1.90. The first-order valence-corrected chi connectivity index (χ1v) is 6.52. The van der Waals surface area contributed by atoms with Crippen LogP contribution in [-0.2, 0) is 10.1 Å². The van der Waals surface area contributed by atoms with Crippen LogP contribution in [0.2, 0.25) is 5.02 Å². The van der Waals surface area contributed by atoms with Crippen LogP contribution in [0.3, 0.4) is 0 Å². The van der Waals surface area contributed by atoms with Crippen LogP contribution in [0.4, 0.5) is 4.39 Å². The fourth-order valence-corrected chi connectivity index (χ4v) is 2.04. The van der Waals surface area contributed by atoms with E-state index in [1.54, 1.807) is 20.8 Å². The standard InChI is InChI=1S/C12H13BrClFO2/c1-12(2,3)17-11(16)8-5-9(14)7(6-13)4-10(8)15/h4-5H,6H2,1-3H3. The van der Waals surface area contributed by atoms with Crippen molar-refractivity contribution < 1.29 is 13.9 Å². The van der Waals surface area contributed by atoms with Crippen molar-refractivity contribution in [3.05, 3.63) is 34.1 Å². The molecule has 0 fully saturated rings. The fourth-order valence-electron chi connectivity index (χ4n) is 1.18. The Bertz CT molecular complexity index is 441. The molecule has 0 radical (unpaired) electrons. The van der Waals surface area contributed by atoms with Gasteiger partial charge in [-0.15, -0.1) is 0 Å². The maximum absolute atomic E-state index is 13.7. The summed E-state index contributed by atoms with van der Waals surface area (Å²) in [5, 5.41) is 0.765. The summed E-state index contributed by atoms with van der Waals surface area (Å²) in [6.07, 6.45) is 0. The van der Waals surface area contributed by atoms with E-state index in [4.69, 9.17) is 16.3 Å². The summed E-state index contributed by atoms with van der Waals surface area (Å²) in [7, 11) is 0. The number of ether oxygens (including phenoxy) is 1. The van der Waals surface area contributed by atoms with E-state index in [2.05, 4.69) is 15.9 Å². The zero-order chi connectivity index (χ0) is 13.2. The SMILES string of the molecule is CC(C)(C)OC(=O)c1cc(Cl)c(CBr)cc1F. The Labute approximate surface area is 113 Å². The van der Waals surface area contributed by atoms with Crippen LogP contribution in [0.1, 0.15) is 36.7 Å². The second kappa shape index (κ2) is 5.36. The van der Waals surface area contributed by atoms with Crippen LogP contribution in [0.25, 0.3) is 0 Å². The van der Waals surface area contributed by atoms with E-state index >= 15 is 0 Å². The molecule has 0 aliphatic rings. The van der Waals surface area contributed by atoms with Crippen molar-refractivity contribution in [3.63, 3.8) is 0 Å². The van der Waals surface area contributed by atoms with Gasteiger partial charge in [0.05, 0.1) is 5.56 Å². The molecule has 0 aliphatic carbocycles. The van der Waals surface area contributed by atoms with Crippen molar-refractivity contribution in [1.82, 2.24) is 0 Å². The first kappa shape index (κ1) is 14.5. The molecule has 0 aliphatic heterocycles. The van der Waals surface area contributed by atoms with Crippen molar-refractivity contribution >= 4 is 33.5 Å². The number of carbonyl (C=O) groups is 1. The van der Waals surface area contributed by atoms with E-state index in [-0.39, 0.29) is 5.56 Å². The van der Waals surface area contributed by atoms with Gasteiger partial charge in [-0.05, 0) is 38.5 Å². The first-order valence-electron chi connectivity index (χ1n) is 5.02. The topological polar surface area (TPSA) is 26.3 Å². The van der Waals surface area contributed by atoms with Gasteiger partial charge in [0.15, 0.2) is 0 Å². The zero-order valence-electron chi connectivity index (χ0n) is 9.81. The minimum Gasteiger partial charge on any atom is -0.456 e. The van der Waals surface area contributed by atoms with Crippen molar-refractivity contribution in [1.29, 1.82) is 0 Å². The maximum atomic E-state index is 13.7. The minimum absolute atomic E-state index is 0.144. The predicted molar refractivity (Wildman–Crippen MR) is 69.2 cm³/mol. The summed E-state index contributed by atoms with van der Waals surface area (Å²) < 4.78 is 18.7. The number of halogens is 3. The monoisotopic (exact) mass is 322 g/mol. The predicted octanol–water partition coefficient (Wildman–Crippen LogP) is 4.33. The number of rotatable bonds is 2. The molecule has 0 bridgehead atoms. The van der Waals surface area contributed by atoms with Crippen LogP contribution in [0.5, 0.6) is 0 Å². The fraction of sp³-hybridized carbons (Fsp3) is 0.417. The van der Waals surface area contributed by atoms with E-state index in [9.17, 15) is 9.18 Å². The highest BCUT2D eigenvalue weighted by Crippen LogP contribution is 2.24. The second-order valence-corrected chi connectivity index (χ2v) is 5.53. The Balaban J connectivity index is 3.07. The number of hydrogen-bond acceptors (Lipinski definition) is 2. The molecular formula is C12H13BrClFO2. The average molecular weight is 324 g/mol. The quantitative estimate of drug-likeness (QED) is 0.598. The van der Waals surface area contributed by atoms with Gasteiger partial charge in [-0.25, -0.2) is 9.18 Å². The van der Waals surface area contributed by atoms with Gasteiger partial charge in [-0.1, -0.05) is 27.5 Å². The van der Waals surface area contributed by atoms with Crippen LogP contribution < -0.4 is 0 Å². The number of alkyl halides is 1. The Morgan fingerprint density at radius 3 is 2.53 bits per heavy atom. The Morgan fingerprint density at radius 2 is 2.06 bits per heavy atom. The summed E-state index contributed by atoms with van der Waals surface area (Å²) in [5.74, 6) is -1.34. The minimum atomic E-state index is -0.710. The molecule has 1 aromatic rings. The van der Waals surface area contributed by atoms with E-state index in [0.29, 0.717) is 15.9 Å². The molecule has 0 atom stereocenters.